The van der Waals surface area contributed by atoms with E-state index in [4.69, 9.17) is 11.6 Å². The highest BCUT2D eigenvalue weighted by Gasteiger charge is 2.17. The Morgan fingerprint density at radius 1 is 1.46 bits per heavy atom. The molecule has 0 unspecified atom stereocenters. The third-order valence-electron chi connectivity index (χ3n) is 1.69. The first-order chi connectivity index (χ1) is 6.03. The van der Waals surface area contributed by atoms with E-state index in [1.807, 2.05) is 6.92 Å². The molecule has 0 aliphatic heterocycles. The Balaban J connectivity index is 2.57. The predicted octanol–water partition coefficient (Wildman–Crippen LogP) is 2.67. The highest BCUT2D eigenvalue weighted by atomic mass is 35.5. The van der Waals surface area contributed by atoms with Crippen LogP contribution in [0.2, 0.25) is 0 Å². The minimum Gasteiger partial charge on any atom is -0.355 e. The summed E-state index contributed by atoms with van der Waals surface area (Å²) in [6.45, 7) is 6.15. The molecule has 0 saturated heterocycles. The zero-order chi connectivity index (χ0) is 9.90. The molecule has 1 aromatic heterocycles. The molecule has 1 rings (SSSR count). The maximum absolute atomic E-state index is 5.68. The fraction of sp³-hybridized carbons (Fsp3) is 0.750. The SMILES string of the molecule is Cc1nnc(NC(C)(C)CCCl)s1. The van der Waals surface area contributed by atoms with E-state index in [1.165, 1.54) is 0 Å². The molecule has 0 aliphatic carbocycles. The van der Waals surface area contributed by atoms with Crippen LogP contribution in [0.3, 0.4) is 0 Å². The summed E-state index contributed by atoms with van der Waals surface area (Å²) in [5, 5.41) is 13.1. The van der Waals surface area contributed by atoms with Gasteiger partial charge in [0.05, 0.1) is 0 Å². The topological polar surface area (TPSA) is 37.8 Å². The average molecular weight is 220 g/mol. The molecule has 0 aliphatic rings. The van der Waals surface area contributed by atoms with E-state index in [-0.39, 0.29) is 5.54 Å². The van der Waals surface area contributed by atoms with Crippen LogP contribution in [0, 0.1) is 6.92 Å². The van der Waals surface area contributed by atoms with Gasteiger partial charge in [0.1, 0.15) is 5.01 Å². The van der Waals surface area contributed by atoms with Crippen LogP contribution < -0.4 is 5.32 Å². The fourth-order valence-corrected chi connectivity index (χ4v) is 2.18. The number of hydrogen-bond acceptors (Lipinski definition) is 4. The van der Waals surface area contributed by atoms with Crippen LogP contribution >= 0.6 is 22.9 Å². The molecule has 5 heteroatoms. The Labute approximate surface area is 87.5 Å². The molecule has 0 radical (unpaired) electrons. The monoisotopic (exact) mass is 219 g/mol. The van der Waals surface area contributed by atoms with E-state index in [0.29, 0.717) is 5.88 Å². The van der Waals surface area contributed by atoms with Crippen LogP contribution in [0.5, 0.6) is 0 Å². The van der Waals surface area contributed by atoms with Crippen molar-refractivity contribution in [2.24, 2.45) is 0 Å². The van der Waals surface area contributed by atoms with Gasteiger partial charge in [0.25, 0.3) is 0 Å². The molecule has 1 heterocycles. The van der Waals surface area contributed by atoms with Crippen molar-refractivity contribution in [3.8, 4) is 0 Å². The summed E-state index contributed by atoms with van der Waals surface area (Å²) in [6, 6.07) is 0. The van der Waals surface area contributed by atoms with Crippen molar-refractivity contribution < 1.29 is 0 Å². The maximum Gasteiger partial charge on any atom is 0.206 e. The van der Waals surface area contributed by atoms with Gasteiger partial charge in [-0.05, 0) is 27.2 Å². The van der Waals surface area contributed by atoms with Gasteiger partial charge in [-0.15, -0.1) is 21.8 Å². The number of anilines is 1. The van der Waals surface area contributed by atoms with Gasteiger partial charge in [-0.3, -0.25) is 0 Å². The van der Waals surface area contributed by atoms with Crippen molar-refractivity contribution in [3.05, 3.63) is 5.01 Å². The van der Waals surface area contributed by atoms with Crippen molar-refractivity contribution >= 4 is 28.1 Å². The Bertz CT molecular complexity index is 272. The van der Waals surface area contributed by atoms with Crippen molar-refractivity contribution in [1.29, 1.82) is 0 Å². The number of alkyl halides is 1. The van der Waals surface area contributed by atoms with Gasteiger partial charge in [0, 0.05) is 11.4 Å². The molecule has 0 atom stereocenters. The summed E-state index contributed by atoms with van der Waals surface area (Å²) in [5.74, 6) is 0.651. The van der Waals surface area contributed by atoms with Gasteiger partial charge in [-0.25, -0.2) is 0 Å². The van der Waals surface area contributed by atoms with E-state index in [2.05, 4.69) is 29.4 Å². The van der Waals surface area contributed by atoms with E-state index in [9.17, 15) is 0 Å². The van der Waals surface area contributed by atoms with Crippen molar-refractivity contribution in [2.45, 2.75) is 32.7 Å². The molecule has 74 valence electrons. The number of hydrogen-bond donors (Lipinski definition) is 1. The smallest absolute Gasteiger partial charge is 0.206 e. The third-order valence-corrected chi connectivity index (χ3v) is 2.63. The van der Waals surface area contributed by atoms with Gasteiger partial charge in [0.2, 0.25) is 5.13 Å². The van der Waals surface area contributed by atoms with Crippen molar-refractivity contribution in [2.75, 3.05) is 11.2 Å². The number of halogens is 1. The van der Waals surface area contributed by atoms with Gasteiger partial charge < -0.3 is 5.32 Å². The number of nitrogens with zero attached hydrogens (tertiary/aromatic N) is 2. The Morgan fingerprint density at radius 2 is 2.15 bits per heavy atom. The molecule has 0 amide bonds. The average Bonchev–Trinajstić information content (AvgIpc) is 2.34. The molecule has 1 aromatic rings. The molecular formula is C8H14ClN3S. The second kappa shape index (κ2) is 4.24. The highest BCUT2D eigenvalue weighted by molar-refractivity contribution is 7.15. The summed E-state index contributed by atoms with van der Waals surface area (Å²) in [4.78, 5) is 0. The molecule has 0 bridgehead atoms. The number of aromatic nitrogens is 2. The Kier molecular flexibility index (Phi) is 3.50. The lowest BCUT2D eigenvalue weighted by Crippen LogP contribution is -2.31. The lowest BCUT2D eigenvalue weighted by Gasteiger charge is -2.24. The Morgan fingerprint density at radius 3 is 2.62 bits per heavy atom. The summed E-state index contributed by atoms with van der Waals surface area (Å²) < 4.78 is 0. The lowest BCUT2D eigenvalue weighted by atomic mass is 10.0. The van der Waals surface area contributed by atoms with Gasteiger partial charge in [0.15, 0.2) is 0 Å². The molecule has 1 N–H and O–H groups in total. The molecule has 13 heavy (non-hydrogen) atoms. The summed E-state index contributed by atoms with van der Waals surface area (Å²) >= 11 is 7.25. The minimum atomic E-state index is -0.00623. The zero-order valence-electron chi connectivity index (χ0n) is 8.09. The summed E-state index contributed by atoms with van der Waals surface area (Å²) in [6.07, 6.45) is 0.910. The van der Waals surface area contributed by atoms with Gasteiger partial charge in [-0.2, -0.15) is 0 Å². The number of nitrogens with one attached hydrogen (secondary N) is 1. The van der Waals surface area contributed by atoms with Crippen molar-refractivity contribution in [1.82, 2.24) is 10.2 Å². The second-order valence-electron chi connectivity index (χ2n) is 3.57. The van der Waals surface area contributed by atoms with Crippen LogP contribution in [0.25, 0.3) is 0 Å². The normalized spacial score (nSPS) is 11.7. The predicted molar refractivity (Wildman–Crippen MR) is 57.7 cm³/mol. The standard InChI is InChI=1S/C8H14ClN3S/c1-6-11-12-7(13-6)10-8(2,3)4-5-9/h4-5H2,1-3H3,(H,10,12). The van der Waals surface area contributed by atoms with Crippen LogP contribution in [0.1, 0.15) is 25.3 Å². The summed E-state index contributed by atoms with van der Waals surface area (Å²) in [7, 11) is 0. The highest BCUT2D eigenvalue weighted by Crippen LogP contribution is 2.21. The molecule has 3 nitrogen and oxygen atoms in total. The molecule has 0 saturated carbocycles. The van der Waals surface area contributed by atoms with Crippen molar-refractivity contribution in [3.63, 3.8) is 0 Å². The number of aryl methyl sites for hydroxylation is 1. The first-order valence-electron chi connectivity index (χ1n) is 4.18. The van der Waals surface area contributed by atoms with Crippen LogP contribution in [-0.2, 0) is 0 Å². The van der Waals surface area contributed by atoms with E-state index >= 15 is 0 Å². The second-order valence-corrected chi connectivity index (χ2v) is 5.13. The largest absolute Gasteiger partial charge is 0.355 e. The van der Waals surface area contributed by atoms with Gasteiger partial charge >= 0.3 is 0 Å². The van der Waals surface area contributed by atoms with E-state index in [1.54, 1.807) is 11.3 Å². The molecule has 0 fully saturated rings. The zero-order valence-corrected chi connectivity index (χ0v) is 9.67. The first kappa shape index (κ1) is 10.7. The van der Waals surface area contributed by atoms with Crippen LogP contribution in [0.4, 0.5) is 5.13 Å². The lowest BCUT2D eigenvalue weighted by molar-refractivity contribution is 0.549. The molecular weight excluding hydrogens is 206 g/mol. The quantitative estimate of drug-likeness (QED) is 0.792. The maximum atomic E-state index is 5.68. The fourth-order valence-electron chi connectivity index (χ4n) is 0.935. The first-order valence-corrected chi connectivity index (χ1v) is 5.53. The number of rotatable bonds is 4. The van der Waals surface area contributed by atoms with Gasteiger partial charge in [-0.1, -0.05) is 11.3 Å². The van der Waals surface area contributed by atoms with Crippen LogP contribution in [0.15, 0.2) is 0 Å². The van der Waals surface area contributed by atoms with E-state index in [0.717, 1.165) is 16.6 Å². The minimum absolute atomic E-state index is 0.00623. The third kappa shape index (κ3) is 3.48. The summed E-state index contributed by atoms with van der Waals surface area (Å²) in [5.41, 5.74) is -0.00623. The molecule has 0 aromatic carbocycles. The molecule has 0 spiro atoms. The van der Waals surface area contributed by atoms with E-state index < -0.39 is 0 Å². The Hall–Kier alpha value is -0.350. The van der Waals surface area contributed by atoms with Crippen LogP contribution in [-0.4, -0.2) is 21.6 Å².